The van der Waals surface area contributed by atoms with Gasteiger partial charge >= 0.3 is 0 Å². The molecule has 6 heteroatoms. The highest BCUT2D eigenvalue weighted by Crippen LogP contribution is 2.14. The number of carbonyl (C=O) groups excluding carboxylic acids is 2. The van der Waals surface area contributed by atoms with Gasteiger partial charge in [-0.3, -0.25) is 9.59 Å². The molecular formula is C13H20N2O3S. The summed E-state index contributed by atoms with van der Waals surface area (Å²) >= 11 is 1.39. The predicted octanol–water partition coefficient (Wildman–Crippen LogP) is 0.919. The van der Waals surface area contributed by atoms with Crippen LogP contribution in [-0.2, 0) is 4.79 Å². The fourth-order valence-electron chi connectivity index (χ4n) is 1.41. The van der Waals surface area contributed by atoms with E-state index in [0.717, 1.165) is 4.88 Å². The topological polar surface area (TPSA) is 78.4 Å². The second kappa shape index (κ2) is 7.25. The van der Waals surface area contributed by atoms with Crippen LogP contribution in [0.2, 0.25) is 0 Å². The summed E-state index contributed by atoms with van der Waals surface area (Å²) in [6.07, 6.45) is 0. The Morgan fingerprint density at radius 2 is 2.05 bits per heavy atom. The van der Waals surface area contributed by atoms with Crippen LogP contribution in [0.15, 0.2) is 12.1 Å². The van der Waals surface area contributed by atoms with Crippen LogP contribution < -0.4 is 10.6 Å². The highest BCUT2D eigenvalue weighted by molar-refractivity contribution is 7.13. The van der Waals surface area contributed by atoms with E-state index in [-0.39, 0.29) is 36.9 Å². The summed E-state index contributed by atoms with van der Waals surface area (Å²) < 4.78 is 0. The zero-order valence-corrected chi connectivity index (χ0v) is 12.2. The number of thiophene rings is 1. The van der Waals surface area contributed by atoms with Crippen molar-refractivity contribution in [1.29, 1.82) is 0 Å². The Morgan fingerprint density at radius 3 is 2.58 bits per heavy atom. The van der Waals surface area contributed by atoms with Gasteiger partial charge in [0.2, 0.25) is 5.91 Å². The lowest BCUT2D eigenvalue weighted by Gasteiger charge is -2.19. The van der Waals surface area contributed by atoms with E-state index in [9.17, 15) is 9.59 Å². The molecule has 0 saturated heterocycles. The smallest absolute Gasteiger partial charge is 0.261 e. The van der Waals surface area contributed by atoms with Gasteiger partial charge in [0.05, 0.1) is 11.4 Å². The molecule has 2 unspecified atom stereocenters. The first-order valence-corrected chi connectivity index (χ1v) is 7.00. The van der Waals surface area contributed by atoms with E-state index in [1.807, 2.05) is 26.8 Å². The molecule has 0 saturated carbocycles. The fourth-order valence-corrected chi connectivity index (χ4v) is 2.19. The molecule has 1 heterocycles. The van der Waals surface area contributed by atoms with E-state index in [0.29, 0.717) is 4.88 Å². The first-order chi connectivity index (χ1) is 8.93. The van der Waals surface area contributed by atoms with Gasteiger partial charge in [0.1, 0.15) is 0 Å². The van der Waals surface area contributed by atoms with Crippen molar-refractivity contribution in [2.45, 2.75) is 26.8 Å². The third-order valence-corrected chi connectivity index (χ3v) is 3.90. The van der Waals surface area contributed by atoms with Gasteiger partial charge in [-0.05, 0) is 31.9 Å². The average molecular weight is 284 g/mol. The zero-order chi connectivity index (χ0) is 14.4. The summed E-state index contributed by atoms with van der Waals surface area (Å²) in [5.41, 5.74) is 0. The molecule has 1 aromatic rings. The van der Waals surface area contributed by atoms with Gasteiger partial charge < -0.3 is 15.7 Å². The average Bonchev–Trinajstić information content (AvgIpc) is 2.81. The molecule has 0 spiro atoms. The minimum absolute atomic E-state index is 0.0143. The van der Waals surface area contributed by atoms with Crippen LogP contribution >= 0.6 is 11.3 Å². The molecule has 2 amide bonds. The molecule has 0 bridgehead atoms. The fraction of sp³-hybridized carbons (Fsp3) is 0.538. The summed E-state index contributed by atoms with van der Waals surface area (Å²) in [6.45, 7) is 5.55. The lowest BCUT2D eigenvalue weighted by Crippen LogP contribution is -2.43. The minimum atomic E-state index is -0.255. The van der Waals surface area contributed by atoms with Gasteiger partial charge in [0.15, 0.2) is 0 Å². The Kier molecular flexibility index (Phi) is 5.98. The summed E-state index contributed by atoms with van der Waals surface area (Å²) in [5.74, 6) is -0.509. The van der Waals surface area contributed by atoms with Gasteiger partial charge in [-0.25, -0.2) is 0 Å². The van der Waals surface area contributed by atoms with Gasteiger partial charge in [0.25, 0.3) is 5.91 Å². The van der Waals surface area contributed by atoms with E-state index in [4.69, 9.17) is 5.11 Å². The van der Waals surface area contributed by atoms with E-state index < -0.39 is 0 Å². The van der Waals surface area contributed by atoms with Crippen molar-refractivity contribution >= 4 is 23.2 Å². The molecule has 1 aromatic heterocycles. The van der Waals surface area contributed by atoms with Crippen LogP contribution in [0.4, 0.5) is 0 Å². The number of hydrogen-bond acceptors (Lipinski definition) is 4. The number of nitrogens with one attached hydrogen (secondary N) is 2. The molecule has 0 fully saturated rings. The maximum atomic E-state index is 11.7. The maximum absolute atomic E-state index is 11.7. The summed E-state index contributed by atoms with van der Waals surface area (Å²) in [7, 11) is 0. The molecule has 0 aromatic carbocycles. The van der Waals surface area contributed by atoms with Crippen molar-refractivity contribution in [2.24, 2.45) is 5.92 Å². The summed E-state index contributed by atoms with van der Waals surface area (Å²) in [5, 5.41) is 14.3. The Labute approximate surface area is 117 Å². The molecular weight excluding hydrogens is 264 g/mol. The van der Waals surface area contributed by atoms with Gasteiger partial charge in [0, 0.05) is 17.5 Å². The molecule has 1 rings (SSSR count). The molecule has 3 N–H and O–H groups in total. The number of aliphatic hydroxyl groups is 1. The van der Waals surface area contributed by atoms with Crippen molar-refractivity contribution in [3.8, 4) is 0 Å². The minimum Gasteiger partial charge on any atom is -0.396 e. The number of amides is 2. The Balaban J connectivity index is 2.36. The highest BCUT2D eigenvalue weighted by Gasteiger charge is 2.15. The van der Waals surface area contributed by atoms with Gasteiger partial charge in [-0.2, -0.15) is 0 Å². The number of hydrogen-bond donors (Lipinski definition) is 3. The Bertz CT molecular complexity index is 445. The first-order valence-electron chi connectivity index (χ1n) is 6.19. The van der Waals surface area contributed by atoms with Crippen LogP contribution in [0.5, 0.6) is 0 Å². The molecule has 0 aliphatic rings. The van der Waals surface area contributed by atoms with Gasteiger partial charge in [-0.15, -0.1) is 11.3 Å². The maximum Gasteiger partial charge on any atom is 0.261 e. The van der Waals surface area contributed by atoms with Crippen molar-refractivity contribution in [3.05, 3.63) is 21.9 Å². The second-order valence-corrected chi connectivity index (χ2v) is 5.90. The Hall–Kier alpha value is -1.40. The number of aryl methyl sites for hydroxylation is 1. The van der Waals surface area contributed by atoms with Crippen LogP contribution in [0, 0.1) is 12.8 Å². The third kappa shape index (κ3) is 5.00. The van der Waals surface area contributed by atoms with Crippen LogP contribution in [0.25, 0.3) is 0 Å². The van der Waals surface area contributed by atoms with E-state index in [1.54, 1.807) is 6.07 Å². The quantitative estimate of drug-likeness (QED) is 0.727. The Morgan fingerprint density at radius 1 is 1.37 bits per heavy atom. The number of carbonyl (C=O) groups is 2. The van der Waals surface area contributed by atoms with Crippen molar-refractivity contribution in [2.75, 3.05) is 13.2 Å². The highest BCUT2D eigenvalue weighted by atomic mass is 32.1. The van der Waals surface area contributed by atoms with Crippen molar-refractivity contribution in [3.63, 3.8) is 0 Å². The molecule has 106 valence electrons. The van der Waals surface area contributed by atoms with Crippen molar-refractivity contribution in [1.82, 2.24) is 10.6 Å². The lowest BCUT2D eigenvalue weighted by atomic mass is 10.1. The molecule has 0 radical (unpaired) electrons. The molecule has 19 heavy (non-hydrogen) atoms. The van der Waals surface area contributed by atoms with Crippen molar-refractivity contribution < 1.29 is 14.7 Å². The van der Waals surface area contributed by atoms with Crippen LogP contribution in [0.1, 0.15) is 28.4 Å². The summed E-state index contributed by atoms with van der Waals surface area (Å²) in [6, 6.07) is 3.48. The SMILES string of the molecule is Cc1ccc(C(=O)NCC(=O)NC(C)C(C)CO)s1. The third-order valence-electron chi connectivity index (χ3n) is 2.90. The number of aliphatic hydroxyl groups excluding tert-OH is 1. The lowest BCUT2D eigenvalue weighted by molar-refractivity contribution is -0.121. The van der Waals surface area contributed by atoms with Crippen LogP contribution in [0.3, 0.4) is 0 Å². The monoisotopic (exact) mass is 284 g/mol. The normalized spacial score (nSPS) is 13.7. The molecule has 5 nitrogen and oxygen atoms in total. The molecule has 2 atom stereocenters. The molecule has 0 aliphatic heterocycles. The predicted molar refractivity (Wildman–Crippen MR) is 75.2 cm³/mol. The first kappa shape index (κ1) is 15.7. The van der Waals surface area contributed by atoms with E-state index in [1.165, 1.54) is 11.3 Å². The van der Waals surface area contributed by atoms with Crippen LogP contribution in [-0.4, -0.2) is 36.1 Å². The molecule has 0 aliphatic carbocycles. The largest absolute Gasteiger partial charge is 0.396 e. The second-order valence-electron chi connectivity index (χ2n) is 4.61. The van der Waals surface area contributed by atoms with E-state index >= 15 is 0 Å². The zero-order valence-electron chi connectivity index (χ0n) is 11.4. The van der Waals surface area contributed by atoms with Gasteiger partial charge in [-0.1, -0.05) is 6.92 Å². The van der Waals surface area contributed by atoms with E-state index in [2.05, 4.69) is 10.6 Å². The standard InChI is InChI=1S/C13H20N2O3S/c1-8(7-16)10(3)15-12(17)6-14-13(18)11-5-4-9(2)19-11/h4-5,8,10,16H,6-7H2,1-3H3,(H,14,18)(H,15,17). The summed E-state index contributed by atoms with van der Waals surface area (Å²) in [4.78, 5) is 25.0. The number of rotatable bonds is 6.